The van der Waals surface area contributed by atoms with Crippen LogP contribution in [0.2, 0.25) is 0 Å². The first-order valence-electron chi connectivity index (χ1n) is 10.7. The van der Waals surface area contributed by atoms with Gasteiger partial charge in [0.1, 0.15) is 5.84 Å². The molecule has 0 saturated heterocycles. The summed E-state index contributed by atoms with van der Waals surface area (Å²) >= 11 is 1.80. The first-order chi connectivity index (χ1) is 15.2. The van der Waals surface area contributed by atoms with Crippen LogP contribution in [0.25, 0.3) is 20.2 Å². The lowest BCUT2D eigenvalue weighted by atomic mass is 10.1. The Kier molecular flexibility index (Phi) is 8.25. The van der Waals surface area contributed by atoms with Crippen molar-refractivity contribution >= 4 is 49.9 Å². The molecule has 0 fully saturated rings. The molecule has 31 heavy (non-hydrogen) atoms. The highest BCUT2D eigenvalue weighted by Gasteiger charge is 2.09. The highest BCUT2D eigenvalue weighted by atomic mass is 32.1. The molecule has 4 aromatic rings. The van der Waals surface area contributed by atoms with Gasteiger partial charge in [-0.1, -0.05) is 87.9 Å². The van der Waals surface area contributed by atoms with Crippen LogP contribution >= 0.6 is 11.3 Å². The van der Waals surface area contributed by atoms with Crippen LogP contribution in [0.3, 0.4) is 0 Å². The molecule has 4 rings (SSSR count). The number of benzene rings is 3. The molecular formula is C27H29N3S. The molecule has 0 N–H and O–H groups in total. The maximum Gasteiger partial charge on any atom is 0.157 e. The zero-order chi connectivity index (χ0) is 22.1. The SMILES string of the molecule is C=NC(CC)=NC(=NCc1ccccc1)c1ccc2c(c1)sc1ccccc12.CCC. The molecule has 0 aliphatic rings. The fourth-order valence-electron chi connectivity index (χ4n) is 3.15. The second-order valence-electron chi connectivity index (χ2n) is 7.18. The van der Waals surface area contributed by atoms with Crippen LogP contribution in [-0.4, -0.2) is 18.4 Å². The van der Waals surface area contributed by atoms with Crippen molar-refractivity contribution in [2.45, 2.75) is 40.2 Å². The van der Waals surface area contributed by atoms with Crippen LogP contribution < -0.4 is 0 Å². The molecule has 0 aliphatic carbocycles. The Morgan fingerprint density at radius 1 is 0.839 bits per heavy atom. The zero-order valence-electron chi connectivity index (χ0n) is 18.5. The van der Waals surface area contributed by atoms with Gasteiger partial charge in [0.2, 0.25) is 0 Å². The van der Waals surface area contributed by atoms with E-state index in [0.717, 1.165) is 17.5 Å². The van der Waals surface area contributed by atoms with Gasteiger partial charge in [0.15, 0.2) is 5.84 Å². The Balaban J connectivity index is 0.000000858. The quantitative estimate of drug-likeness (QED) is 0.234. The van der Waals surface area contributed by atoms with Crippen molar-refractivity contribution in [2.75, 3.05) is 0 Å². The highest BCUT2D eigenvalue weighted by molar-refractivity contribution is 7.25. The summed E-state index contributed by atoms with van der Waals surface area (Å²) in [5, 5.41) is 2.57. The second kappa shape index (κ2) is 11.3. The Bertz CT molecular complexity index is 1200. The number of fused-ring (bicyclic) bond motifs is 3. The Morgan fingerprint density at radius 2 is 1.52 bits per heavy atom. The summed E-state index contributed by atoms with van der Waals surface area (Å²) in [7, 11) is 0. The summed E-state index contributed by atoms with van der Waals surface area (Å²) in [6.07, 6.45) is 1.97. The van der Waals surface area contributed by atoms with Gasteiger partial charge in [-0.05, 0) is 24.4 Å². The first-order valence-corrected chi connectivity index (χ1v) is 11.6. The summed E-state index contributed by atoms with van der Waals surface area (Å²) in [6.45, 7) is 10.5. The maximum absolute atomic E-state index is 4.81. The largest absolute Gasteiger partial charge is 0.261 e. The van der Waals surface area contributed by atoms with E-state index < -0.39 is 0 Å². The third kappa shape index (κ3) is 5.74. The number of amidine groups is 2. The second-order valence-corrected chi connectivity index (χ2v) is 8.27. The number of hydrogen-bond donors (Lipinski definition) is 0. The van der Waals surface area contributed by atoms with Gasteiger partial charge < -0.3 is 0 Å². The average molecular weight is 428 g/mol. The van der Waals surface area contributed by atoms with Crippen molar-refractivity contribution in [3.63, 3.8) is 0 Å². The van der Waals surface area contributed by atoms with Crippen LogP contribution in [0.1, 0.15) is 44.7 Å². The molecular weight excluding hydrogens is 398 g/mol. The molecule has 0 bridgehead atoms. The van der Waals surface area contributed by atoms with Gasteiger partial charge in [-0.3, -0.25) is 4.99 Å². The normalized spacial score (nSPS) is 12.0. The molecule has 1 heterocycles. The summed E-state index contributed by atoms with van der Waals surface area (Å²) in [6, 6.07) is 25.2. The fraction of sp³-hybridized carbons (Fsp3) is 0.222. The third-order valence-electron chi connectivity index (χ3n) is 4.62. The number of thiophene rings is 1. The minimum absolute atomic E-state index is 0.582. The van der Waals surface area contributed by atoms with E-state index in [1.54, 1.807) is 11.3 Å². The molecule has 4 heteroatoms. The van der Waals surface area contributed by atoms with E-state index in [1.165, 1.54) is 26.6 Å². The minimum atomic E-state index is 0.582. The van der Waals surface area contributed by atoms with Gasteiger partial charge in [0.25, 0.3) is 0 Å². The Morgan fingerprint density at radius 3 is 2.23 bits per heavy atom. The molecule has 158 valence electrons. The molecule has 3 nitrogen and oxygen atoms in total. The molecule has 0 saturated carbocycles. The van der Waals surface area contributed by atoms with E-state index in [0.29, 0.717) is 18.2 Å². The molecule has 0 spiro atoms. The number of hydrogen-bond acceptors (Lipinski definition) is 2. The van der Waals surface area contributed by atoms with Gasteiger partial charge in [0.05, 0.1) is 6.54 Å². The topological polar surface area (TPSA) is 37.1 Å². The number of rotatable bonds is 4. The first kappa shape index (κ1) is 22.6. The number of aliphatic imine (C=N–C) groups is 3. The zero-order valence-corrected chi connectivity index (χ0v) is 19.3. The molecule has 3 aromatic carbocycles. The Hall–Kier alpha value is -3.11. The van der Waals surface area contributed by atoms with Gasteiger partial charge in [-0.15, -0.1) is 11.3 Å². The van der Waals surface area contributed by atoms with Gasteiger partial charge in [-0.25, -0.2) is 9.98 Å². The van der Waals surface area contributed by atoms with E-state index in [-0.39, 0.29) is 0 Å². The van der Waals surface area contributed by atoms with Crippen LogP contribution in [0.4, 0.5) is 0 Å². The van der Waals surface area contributed by atoms with Gasteiger partial charge in [0, 0.05) is 32.2 Å². The monoisotopic (exact) mass is 427 g/mol. The van der Waals surface area contributed by atoms with E-state index >= 15 is 0 Å². The molecule has 0 unspecified atom stereocenters. The maximum atomic E-state index is 4.81. The smallest absolute Gasteiger partial charge is 0.157 e. The van der Waals surface area contributed by atoms with Crippen molar-refractivity contribution in [1.29, 1.82) is 0 Å². The minimum Gasteiger partial charge on any atom is -0.261 e. The molecule has 0 atom stereocenters. The lowest BCUT2D eigenvalue weighted by Crippen LogP contribution is -2.03. The Labute approximate surface area is 188 Å². The van der Waals surface area contributed by atoms with Crippen molar-refractivity contribution in [1.82, 2.24) is 0 Å². The third-order valence-corrected chi connectivity index (χ3v) is 5.76. The predicted molar refractivity (Wildman–Crippen MR) is 139 cm³/mol. The van der Waals surface area contributed by atoms with Gasteiger partial charge in [-0.2, -0.15) is 0 Å². The van der Waals surface area contributed by atoms with Crippen molar-refractivity contribution in [2.24, 2.45) is 15.0 Å². The van der Waals surface area contributed by atoms with Crippen molar-refractivity contribution in [3.8, 4) is 0 Å². The summed E-state index contributed by atoms with van der Waals surface area (Å²) in [5.41, 5.74) is 2.16. The van der Waals surface area contributed by atoms with E-state index in [4.69, 9.17) is 9.98 Å². The highest BCUT2D eigenvalue weighted by Crippen LogP contribution is 2.34. The number of nitrogens with zero attached hydrogens (tertiary/aromatic N) is 3. The van der Waals surface area contributed by atoms with Gasteiger partial charge >= 0.3 is 0 Å². The lowest BCUT2D eigenvalue weighted by molar-refractivity contribution is 1.06. The van der Waals surface area contributed by atoms with Crippen LogP contribution in [-0.2, 0) is 6.54 Å². The summed E-state index contributed by atoms with van der Waals surface area (Å²) < 4.78 is 2.54. The molecule has 0 radical (unpaired) electrons. The molecule has 1 aromatic heterocycles. The van der Waals surface area contributed by atoms with E-state index in [9.17, 15) is 0 Å². The van der Waals surface area contributed by atoms with Crippen molar-refractivity contribution in [3.05, 3.63) is 83.9 Å². The lowest BCUT2D eigenvalue weighted by Gasteiger charge is -2.05. The molecule has 0 aliphatic heterocycles. The average Bonchev–Trinajstić information content (AvgIpc) is 3.18. The van der Waals surface area contributed by atoms with Crippen LogP contribution in [0.15, 0.2) is 87.8 Å². The predicted octanol–water partition coefficient (Wildman–Crippen LogP) is 7.93. The molecule has 0 amide bonds. The summed E-state index contributed by atoms with van der Waals surface area (Å²) in [4.78, 5) is 13.6. The standard InChI is InChI=1S/C24H21N3S.C3H8/c1-3-23(25-2)27-24(26-16-17-9-5-4-6-10-17)18-13-14-20-19-11-7-8-12-21(19)28-22(20)15-18;1-3-2/h4-15H,2-3,16H2,1H3;3H2,1-2H3. The van der Waals surface area contributed by atoms with E-state index in [2.05, 4.69) is 80.2 Å². The fourth-order valence-corrected chi connectivity index (χ4v) is 4.30. The van der Waals surface area contributed by atoms with Crippen molar-refractivity contribution < 1.29 is 0 Å². The van der Waals surface area contributed by atoms with Crippen LogP contribution in [0.5, 0.6) is 0 Å². The van der Waals surface area contributed by atoms with Crippen LogP contribution in [0, 0.1) is 0 Å². The van der Waals surface area contributed by atoms with E-state index in [1.807, 2.05) is 25.1 Å². The summed E-state index contributed by atoms with van der Waals surface area (Å²) in [5.74, 6) is 1.40.